The number of nitrogens with zero attached hydrogens (tertiary/aromatic N) is 4. The van der Waals surface area contributed by atoms with Crippen molar-refractivity contribution in [2.24, 2.45) is 5.92 Å². The Morgan fingerprint density at radius 3 is 2.66 bits per heavy atom. The summed E-state index contributed by atoms with van der Waals surface area (Å²) < 4.78 is 5.51. The number of carbonyl (C=O) groups excluding carboxylic acids is 1. The normalized spacial score (nSPS) is 32.5. The molecule has 1 aromatic carbocycles. The first-order chi connectivity index (χ1) is 17.1. The highest BCUT2D eigenvalue weighted by Crippen LogP contribution is 2.51. The summed E-state index contributed by atoms with van der Waals surface area (Å²) in [5.41, 5.74) is 3.55. The summed E-state index contributed by atoms with van der Waals surface area (Å²) in [6.07, 6.45) is 8.64. The van der Waals surface area contributed by atoms with Gasteiger partial charge in [-0.2, -0.15) is 0 Å². The number of amides is 1. The number of rotatable bonds is 5. The fourth-order valence-corrected chi connectivity index (χ4v) is 6.60. The van der Waals surface area contributed by atoms with Gasteiger partial charge in [-0.1, -0.05) is 30.3 Å². The lowest BCUT2D eigenvalue weighted by molar-refractivity contribution is -0.139. The van der Waals surface area contributed by atoms with Gasteiger partial charge in [0.05, 0.1) is 18.3 Å². The van der Waals surface area contributed by atoms with Gasteiger partial charge in [-0.3, -0.25) is 4.79 Å². The van der Waals surface area contributed by atoms with Crippen LogP contribution in [0, 0.1) is 5.92 Å². The molecule has 0 unspecified atom stereocenters. The van der Waals surface area contributed by atoms with Crippen LogP contribution in [0.4, 0.5) is 5.95 Å². The summed E-state index contributed by atoms with van der Waals surface area (Å²) >= 11 is 0. The van der Waals surface area contributed by atoms with Crippen molar-refractivity contribution in [2.75, 3.05) is 32.6 Å². The van der Waals surface area contributed by atoms with Crippen molar-refractivity contribution in [3.05, 3.63) is 53.3 Å². The molecule has 1 saturated heterocycles. The third-order valence-electron chi connectivity index (χ3n) is 8.76. The zero-order chi connectivity index (χ0) is 23.9. The number of carbonyl (C=O) groups is 1. The molecule has 0 spiro atoms. The molecule has 7 heteroatoms. The first-order valence-corrected chi connectivity index (χ1v) is 13.3. The summed E-state index contributed by atoms with van der Waals surface area (Å²) in [5, 5.41) is 3.56. The Hall–Kier alpha value is -2.51. The molecule has 1 aromatic heterocycles. The SMILES string of the molecule is COC1CCC(Nc2ncc3c(n2)CN(C(=O)[C@H]2CCN(C)C[C@@H]2c2ccccc2)[C@H]2C[C@@H]32)CC1. The van der Waals surface area contributed by atoms with E-state index in [0.29, 0.717) is 42.5 Å². The summed E-state index contributed by atoms with van der Waals surface area (Å²) in [5.74, 6) is 1.70. The van der Waals surface area contributed by atoms with Gasteiger partial charge >= 0.3 is 0 Å². The van der Waals surface area contributed by atoms with E-state index in [0.717, 1.165) is 57.3 Å². The zero-order valence-electron chi connectivity index (χ0n) is 20.9. The largest absolute Gasteiger partial charge is 0.381 e. The van der Waals surface area contributed by atoms with Crippen molar-refractivity contribution in [3.63, 3.8) is 0 Å². The number of anilines is 1. The number of benzene rings is 1. The van der Waals surface area contributed by atoms with Crippen LogP contribution in [0.3, 0.4) is 0 Å². The predicted octanol–water partition coefficient (Wildman–Crippen LogP) is 3.78. The molecule has 7 nitrogen and oxygen atoms in total. The molecule has 186 valence electrons. The molecule has 4 atom stereocenters. The molecule has 3 fully saturated rings. The Morgan fingerprint density at radius 2 is 1.89 bits per heavy atom. The highest BCUT2D eigenvalue weighted by Gasteiger charge is 2.51. The number of hydrogen-bond acceptors (Lipinski definition) is 6. The number of piperidine rings is 1. The topological polar surface area (TPSA) is 70.6 Å². The maximum Gasteiger partial charge on any atom is 0.227 e. The average molecular weight is 476 g/mol. The van der Waals surface area contributed by atoms with E-state index in [9.17, 15) is 4.79 Å². The second-order valence-electron chi connectivity index (χ2n) is 11.0. The van der Waals surface area contributed by atoms with Gasteiger partial charge < -0.3 is 19.9 Å². The lowest BCUT2D eigenvalue weighted by atomic mass is 9.79. The lowest BCUT2D eigenvalue weighted by Crippen LogP contribution is -2.47. The third-order valence-corrected chi connectivity index (χ3v) is 8.76. The Bertz CT molecular complexity index is 1050. The minimum absolute atomic E-state index is 0.0341. The van der Waals surface area contributed by atoms with E-state index >= 15 is 0 Å². The van der Waals surface area contributed by atoms with E-state index in [1.165, 1.54) is 11.1 Å². The molecule has 0 radical (unpaired) electrons. The van der Waals surface area contributed by atoms with Crippen LogP contribution in [-0.4, -0.2) is 71.1 Å². The van der Waals surface area contributed by atoms with Gasteiger partial charge in [0.25, 0.3) is 0 Å². The first-order valence-electron chi connectivity index (χ1n) is 13.3. The van der Waals surface area contributed by atoms with Crippen molar-refractivity contribution >= 4 is 11.9 Å². The fourth-order valence-electron chi connectivity index (χ4n) is 6.60. The number of nitrogens with one attached hydrogen (secondary N) is 1. The van der Waals surface area contributed by atoms with Gasteiger partial charge in [-0.05, 0) is 63.2 Å². The molecule has 1 amide bonds. The zero-order valence-corrected chi connectivity index (χ0v) is 20.9. The summed E-state index contributed by atoms with van der Waals surface area (Å²) in [7, 11) is 3.97. The maximum absolute atomic E-state index is 14.0. The molecule has 4 aliphatic rings. The van der Waals surface area contributed by atoms with Gasteiger partial charge in [0, 0.05) is 49.7 Å². The Morgan fingerprint density at radius 1 is 1.09 bits per heavy atom. The summed E-state index contributed by atoms with van der Waals surface area (Å²) in [6, 6.07) is 11.3. The van der Waals surface area contributed by atoms with Crippen molar-refractivity contribution < 1.29 is 9.53 Å². The van der Waals surface area contributed by atoms with E-state index in [2.05, 4.69) is 57.5 Å². The molecular weight excluding hydrogens is 438 g/mol. The molecule has 35 heavy (non-hydrogen) atoms. The third kappa shape index (κ3) is 4.56. The number of likely N-dealkylation sites (N-methyl/N-ethyl adjacent to an activating group) is 1. The standard InChI is InChI=1S/C28H37N5O2/c1-32-13-12-21(24(16-32)18-6-4-3-5-7-18)27(34)33-17-25-23(22-14-26(22)33)15-29-28(31-25)30-19-8-10-20(35-2)11-9-19/h3-7,15,19-22,24,26H,8-14,16-17H2,1-2H3,(H,29,30,31)/t19?,20?,21-,22-,24+,26-/m0/s1. The van der Waals surface area contributed by atoms with Crippen LogP contribution in [0.2, 0.25) is 0 Å². The Kier molecular flexibility index (Phi) is 6.23. The number of methoxy groups -OCH3 is 1. The van der Waals surface area contributed by atoms with Crippen molar-refractivity contribution in [1.82, 2.24) is 19.8 Å². The molecule has 2 saturated carbocycles. The van der Waals surface area contributed by atoms with Crippen molar-refractivity contribution in [2.45, 2.75) is 75.1 Å². The molecule has 1 N–H and O–H groups in total. The van der Waals surface area contributed by atoms with E-state index in [1.54, 1.807) is 7.11 Å². The average Bonchev–Trinajstić information content (AvgIpc) is 3.70. The van der Waals surface area contributed by atoms with Crippen LogP contribution in [0.5, 0.6) is 0 Å². The Labute approximate surface area is 208 Å². The van der Waals surface area contributed by atoms with E-state index in [4.69, 9.17) is 9.72 Å². The highest BCUT2D eigenvalue weighted by atomic mass is 16.5. The van der Waals surface area contributed by atoms with Crippen molar-refractivity contribution in [1.29, 1.82) is 0 Å². The monoisotopic (exact) mass is 475 g/mol. The fraction of sp³-hybridized carbons (Fsp3) is 0.607. The van der Waals surface area contributed by atoms with Crippen LogP contribution >= 0.6 is 0 Å². The summed E-state index contributed by atoms with van der Waals surface area (Å²) in [4.78, 5) is 28.1. The van der Waals surface area contributed by atoms with Crippen LogP contribution < -0.4 is 5.32 Å². The number of ether oxygens (including phenoxy) is 1. The van der Waals surface area contributed by atoms with Crippen molar-refractivity contribution in [3.8, 4) is 0 Å². The molecule has 2 aliphatic carbocycles. The molecule has 2 aromatic rings. The molecule has 6 rings (SSSR count). The quantitative estimate of drug-likeness (QED) is 0.710. The molecule has 3 heterocycles. The highest BCUT2D eigenvalue weighted by molar-refractivity contribution is 5.81. The maximum atomic E-state index is 14.0. The van der Waals surface area contributed by atoms with Crippen LogP contribution in [-0.2, 0) is 16.1 Å². The van der Waals surface area contributed by atoms with E-state index < -0.39 is 0 Å². The minimum Gasteiger partial charge on any atom is -0.381 e. The number of hydrogen-bond donors (Lipinski definition) is 1. The number of fused-ring (bicyclic) bond motifs is 3. The second-order valence-corrected chi connectivity index (χ2v) is 11.0. The molecule has 0 bridgehead atoms. The second kappa shape index (κ2) is 9.51. The minimum atomic E-state index is 0.0341. The van der Waals surface area contributed by atoms with Gasteiger partial charge in [0.1, 0.15) is 0 Å². The van der Waals surface area contributed by atoms with E-state index in [-0.39, 0.29) is 11.8 Å². The molecular formula is C28H37N5O2. The van der Waals surface area contributed by atoms with Gasteiger partial charge in [0.15, 0.2) is 0 Å². The Balaban J connectivity index is 1.18. The van der Waals surface area contributed by atoms with Crippen LogP contribution in [0.1, 0.15) is 67.2 Å². The van der Waals surface area contributed by atoms with Gasteiger partial charge in [-0.25, -0.2) is 9.97 Å². The van der Waals surface area contributed by atoms with Gasteiger partial charge in [0.2, 0.25) is 11.9 Å². The molecule has 2 aliphatic heterocycles. The lowest BCUT2D eigenvalue weighted by Gasteiger charge is -2.39. The smallest absolute Gasteiger partial charge is 0.227 e. The number of likely N-dealkylation sites (tertiary alicyclic amines) is 1. The first kappa shape index (κ1) is 22.9. The van der Waals surface area contributed by atoms with Gasteiger partial charge in [-0.15, -0.1) is 0 Å². The predicted molar refractivity (Wildman–Crippen MR) is 135 cm³/mol. The number of aromatic nitrogens is 2. The summed E-state index contributed by atoms with van der Waals surface area (Å²) in [6.45, 7) is 2.51. The van der Waals surface area contributed by atoms with Crippen LogP contribution in [0.15, 0.2) is 36.5 Å². The van der Waals surface area contributed by atoms with Crippen LogP contribution in [0.25, 0.3) is 0 Å². The van der Waals surface area contributed by atoms with E-state index in [1.807, 2.05) is 6.20 Å².